The molecule has 0 bridgehead atoms. The number of rotatable bonds is 8. The molecule has 0 aliphatic carbocycles. The van der Waals surface area contributed by atoms with Crippen molar-refractivity contribution < 1.29 is 23.8 Å². The fraction of sp³-hybridized carbons (Fsp3) is 0.292. The van der Waals surface area contributed by atoms with Crippen LogP contribution in [-0.2, 0) is 14.3 Å². The molecule has 0 aromatic heterocycles. The molecule has 0 unspecified atom stereocenters. The van der Waals surface area contributed by atoms with Crippen molar-refractivity contribution in [3.8, 4) is 17.6 Å². The summed E-state index contributed by atoms with van der Waals surface area (Å²) in [7, 11) is 0. The van der Waals surface area contributed by atoms with E-state index in [0.29, 0.717) is 49.9 Å². The number of ether oxygens (including phenoxy) is 3. The van der Waals surface area contributed by atoms with E-state index in [2.05, 4.69) is 5.32 Å². The number of anilines is 1. The van der Waals surface area contributed by atoms with E-state index in [0.717, 1.165) is 5.75 Å². The lowest BCUT2D eigenvalue weighted by atomic mass is 10.1. The maximum atomic E-state index is 12.5. The highest BCUT2D eigenvalue weighted by molar-refractivity contribution is 6.01. The predicted molar refractivity (Wildman–Crippen MR) is 119 cm³/mol. The molecule has 1 fully saturated rings. The molecule has 166 valence electrons. The number of carbonyl (C=O) groups is 2. The molecule has 0 radical (unpaired) electrons. The minimum absolute atomic E-state index is 0.0651. The number of nitrogens with one attached hydrogen (secondary N) is 1. The molecule has 2 aromatic carbocycles. The average Bonchev–Trinajstić information content (AvgIpc) is 2.83. The van der Waals surface area contributed by atoms with Crippen molar-refractivity contribution in [2.45, 2.75) is 6.92 Å². The lowest BCUT2D eigenvalue weighted by Crippen LogP contribution is -2.41. The second kappa shape index (κ2) is 11.5. The standard InChI is InChI=1S/C24H25N3O5/c1-2-31-21-9-5-20(6-10-21)26-23(28)17-32-22-7-3-18(4-8-22)15-19(16-25)24(29)27-11-13-30-14-12-27/h3-10,15H,2,11-14,17H2,1H3,(H,26,28)/b19-15+. The van der Waals surface area contributed by atoms with Crippen LogP contribution in [0.5, 0.6) is 11.5 Å². The number of benzene rings is 2. The highest BCUT2D eigenvalue weighted by Crippen LogP contribution is 2.17. The summed E-state index contributed by atoms with van der Waals surface area (Å²) in [6.45, 7) is 4.23. The van der Waals surface area contributed by atoms with E-state index in [1.54, 1.807) is 59.5 Å². The number of morpholine rings is 1. The molecule has 0 atom stereocenters. The fourth-order valence-corrected chi connectivity index (χ4v) is 3.05. The molecule has 8 heteroatoms. The van der Waals surface area contributed by atoms with E-state index in [1.807, 2.05) is 13.0 Å². The Labute approximate surface area is 187 Å². The molecular formula is C24H25N3O5. The first-order chi connectivity index (χ1) is 15.6. The van der Waals surface area contributed by atoms with Crippen molar-refractivity contribution >= 4 is 23.6 Å². The van der Waals surface area contributed by atoms with E-state index in [4.69, 9.17) is 14.2 Å². The smallest absolute Gasteiger partial charge is 0.264 e. The molecule has 3 rings (SSSR count). The van der Waals surface area contributed by atoms with Crippen LogP contribution in [0.4, 0.5) is 5.69 Å². The van der Waals surface area contributed by atoms with Crippen molar-refractivity contribution in [1.82, 2.24) is 4.90 Å². The number of hydrogen-bond donors (Lipinski definition) is 1. The van der Waals surface area contributed by atoms with Crippen molar-refractivity contribution in [2.24, 2.45) is 0 Å². The molecular weight excluding hydrogens is 410 g/mol. The predicted octanol–water partition coefficient (Wildman–Crippen LogP) is 2.87. The van der Waals surface area contributed by atoms with Gasteiger partial charge in [0.2, 0.25) is 0 Å². The second-order valence-electron chi connectivity index (χ2n) is 6.94. The van der Waals surface area contributed by atoms with Crippen LogP contribution in [0, 0.1) is 11.3 Å². The zero-order chi connectivity index (χ0) is 22.8. The number of nitrogens with zero attached hydrogens (tertiary/aromatic N) is 2. The summed E-state index contributed by atoms with van der Waals surface area (Å²) in [5.74, 6) is 0.646. The zero-order valence-corrected chi connectivity index (χ0v) is 17.9. The summed E-state index contributed by atoms with van der Waals surface area (Å²) >= 11 is 0. The molecule has 2 amide bonds. The van der Waals surface area contributed by atoms with Gasteiger partial charge < -0.3 is 24.4 Å². The Hall–Kier alpha value is -3.83. The minimum atomic E-state index is -0.304. The second-order valence-corrected chi connectivity index (χ2v) is 6.94. The van der Waals surface area contributed by atoms with Crippen LogP contribution in [0.1, 0.15) is 12.5 Å². The van der Waals surface area contributed by atoms with Crippen molar-refractivity contribution in [3.63, 3.8) is 0 Å². The van der Waals surface area contributed by atoms with Crippen LogP contribution >= 0.6 is 0 Å². The van der Waals surface area contributed by atoms with Gasteiger partial charge in [0.25, 0.3) is 11.8 Å². The van der Waals surface area contributed by atoms with Gasteiger partial charge in [-0.1, -0.05) is 12.1 Å². The Bertz CT molecular complexity index is 988. The van der Waals surface area contributed by atoms with Gasteiger partial charge in [0.1, 0.15) is 23.1 Å². The van der Waals surface area contributed by atoms with E-state index in [-0.39, 0.29) is 24.0 Å². The molecule has 32 heavy (non-hydrogen) atoms. The fourth-order valence-electron chi connectivity index (χ4n) is 3.05. The van der Waals surface area contributed by atoms with Gasteiger partial charge in [0.15, 0.2) is 6.61 Å². The molecule has 1 N–H and O–H groups in total. The third-order valence-electron chi connectivity index (χ3n) is 4.66. The number of amides is 2. The van der Waals surface area contributed by atoms with Crippen LogP contribution in [0.3, 0.4) is 0 Å². The number of hydrogen-bond acceptors (Lipinski definition) is 6. The summed E-state index contributed by atoms with van der Waals surface area (Å²) < 4.78 is 16.1. The molecule has 8 nitrogen and oxygen atoms in total. The topological polar surface area (TPSA) is 101 Å². The Balaban J connectivity index is 1.52. The molecule has 1 saturated heterocycles. The minimum Gasteiger partial charge on any atom is -0.494 e. The first-order valence-corrected chi connectivity index (χ1v) is 10.3. The molecule has 0 saturated carbocycles. The zero-order valence-electron chi connectivity index (χ0n) is 17.9. The largest absolute Gasteiger partial charge is 0.494 e. The van der Waals surface area contributed by atoms with E-state index in [9.17, 15) is 14.9 Å². The maximum absolute atomic E-state index is 12.5. The molecule has 1 aliphatic rings. The van der Waals surface area contributed by atoms with Gasteiger partial charge in [-0.05, 0) is 55.0 Å². The summed E-state index contributed by atoms with van der Waals surface area (Å²) in [5, 5.41) is 12.1. The van der Waals surface area contributed by atoms with Crippen molar-refractivity contribution in [3.05, 3.63) is 59.7 Å². The first-order valence-electron chi connectivity index (χ1n) is 10.3. The Morgan fingerprint density at radius 1 is 1.06 bits per heavy atom. The van der Waals surface area contributed by atoms with Crippen LogP contribution in [-0.4, -0.2) is 56.2 Å². The monoisotopic (exact) mass is 435 g/mol. The third-order valence-corrected chi connectivity index (χ3v) is 4.66. The summed E-state index contributed by atoms with van der Waals surface area (Å²) in [4.78, 5) is 26.2. The Morgan fingerprint density at radius 3 is 2.31 bits per heavy atom. The van der Waals surface area contributed by atoms with Gasteiger partial charge in [-0.3, -0.25) is 9.59 Å². The van der Waals surface area contributed by atoms with Crippen molar-refractivity contribution in [2.75, 3.05) is 44.8 Å². The quantitative estimate of drug-likeness (QED) is 0.505. The Morgan fingerprint density at radius 2 is 1.69 bits per heavy atom. The van der Waals surface area contributed by atoms with Gasteiger partial charge >= 0.3 is 0 Å². The van der Waals surface area contributed by atoms with Crippen molar-refractivity contribution in [1.29, 1.82) is 5.26 Å². The third kappa shape index (κ3) is 6.59. The first kappa shape index (κ1) is 22.8. The number of carbonyl (C=O) groups excluding carboxylic acids is 2. The van der Waals surface area contributed by atoms with Crippen LogP contribution < -0.4 is 14.8 Å². The van der Waals surface area contributed by atoms with Gasteiger partial charge in [-0.15, -0.1) is 0 Å². The van der Waals surface area contributed by atoms with E-state index < -0.39 is 0 Å². The van der Waals surface area contributed by atoms with Gasteiger partial charge in [0.05, 0.1) is 19.8 Å². The lowest BCUT2D eigenvalue weighted by molar-refractivity contribution is -0.130. The molecule has 1 aliphatic heterocycles. The normalized spacial score (nSPS) is 13.8. The van der Waals surface area contributed by atoms with E-state index in [1.165, 1.54) is 0 Å². The van der Waals surface area contributed by atoms with Crippen LogP contribution in [0.2, 0.25) is 0 Å². The van der Waals surface area contributed by atoms with Crippen LogP contribution in [0.25, 0.3) is 6.08 Å². The molecule has 0 spiro atoms. The van der Waals surface area contributed by atoms with Gasteiger partial charge in [-0.25, -0.2) is 0 Å². The van der Waals surface area contributed by atoms with Crippen LogP contribution in [0.15, 0.2) is 54.1 Å². The summed E-state index contributed by atoms with van der Waals surface area (Å²) in [5.41, 5.74) is 1.40. The number of nitriles is 1. The Kier molecular flexibility index (Phi) is 8.23. The molecule has 2 aromatic rings. The summed E-state index contributed by atoms with van der Waals surface area (Å²) in [6.07, 6.45) is 1.54. The average molecular weight is 435 g/mol. The molecule has 1 heterocycles. The van der Waals surface area contributed by atoms with E-state index >= 15 is 0 Å². The van der Waals surface area contributed by atoms with Gasteiger partial charge in [-0.2, -0.15) is 5.26 Å². The SMILES string of the molecule is CCOc1ccc(NC(=O)COc2ccc(/C=C(\C#N)C(=O)N3CCOCC3)cc2)cc1. The van der Waals surface area contributed by atoms with Gasteiger partial charge in [0, 0.05) is 18.8 Å². The maximum Gasteiger partial charge on any atom is 0.264 e. The lowest BCUT2D eigenvalue weighted by Gasteiger charge is -2.26. The summed E-state index contributed by atoms with van der Waals surface area (Å²) in [6, 6.07) is 15.9. The highest BCUT2D eigenvalue weighted by Gasteiger charge is 2.20. The highest BCUT2D eigenvalue weighted by atomic mass is 16.5.